The highest BCUT2D eigenvalue weighted by Crippen LogP contribution is 2.15. The van der Waals surface area contributed by atoms with Crippen LogP contribution in [0, 0.1) is 11.3 Å². The van der Waals surface area contributed by atoms with Crippen molar-refractivity contribution in [3.05, 3.63) is 29.8 Å². The van der Waals surface area contributed by atoms with E-state index in [0.29, 0.717) is 13.0 Å². The predicted molar refractivity (Wildman–Crippen MR) is 67.5 cm³/mol. The Kier molecular flexibility index (Phi) is 3.83. The van der Waals surface area contributed by atoms with Crippen molar-refractivity contribution in [1.82, 2.24) is 10.0 Å². The Hall–Kier alpha value is -1.91. The molecule has 1 aromatic carbocycles. The third-order valence-electron chi connectivity index (χ3n) is 2.91. The van der Waals surface area contributed by atoms with Crippen LogP contribution in [-0.4, -0.2) is 26.9 Å². The normalized spacial score (nSPS) is 18.8. The average Bonchev–Trinajstić information content (AvgIpc) is 2.92. The summed E-state index contributed by atoms with van der Waals surface area (Å²) < 4.78 is 26.1. The second-order valence-corrected chi connectivity index (χ2v) is 5.88. The molecule has 19 heavy (non-hydrogen) atoms. The molecule has 0 aliphatic carbocycles. The van der Waals surface area contributed by atoms with Crippen molar-refractivity contribution in [3.63, 3.8) is 0 Å². The maximum atomic E-state index is 12.1. The molecule has 1 fully saturated rings. The molecule has 0 saturated carbocycles. The topological polar surface area (TPSA) is 99.1 Å². The summed E-state index contributed by atoms with van der Waals surface area (Å²) in [6.45, 7) is 0.701. The highest BCUT2D eigenvalue weighted by molar-refractivity contribution is 7.90. The maximum absolute atomic E-state index is 12.1. The first kappa shape index (κ1) is 13.5. The molecule has 1 amide bonds. The van der Waals surface area contributed by atoms with Crippen molar-refractivity contribution >= 4 is 15.9 Å². The fourth-order valence-electron chi connectivity index (χ4n) is 1.96. The molecular weight excluding hydrogens is 266 g/mol. The zero-order valence-electron chi connectivity index (χ0n) is 10.1. The van der Waals surface area contributed by atoms with Crippen LogP contribution in [0.1, 0.15) is 18.4 Å². The monoisotopic (exact) mass is 279 g/mol. The SMILES string of the molecule is N#Cc1ccccc1S(=O)(=O)NC(=O)[C@@H]1CCCN1. The summed E-state index contributed by atoms with van der Waals surface area (Å²) in [7, 11) is -4.00. The fourth-order valence-corrected chi connectivity index (χ4v) is 3.14. The predicted octanol–water partition coefficient (Wildman–Crippen LogP) is 0.115. The van der Waals surface area contributed by atoms with Crippen molar-refractivity contribution in [2.45, 2.75) is 23.8 Å². The van der Waals surface area contributed by atoms with E-state index in [1.165, 1.54) is 18.2 Å². The van der Waals surface area contributed by atoms with E-state index in [1.807, 2.05) is 4.72 Å². The molecule has 0 radical (unpaired) electrons. The van der Waals surface area contributed by atoms with Crippen molar-refractivity contribution in [1.29, 1.82) is 5.26 Å². The summed E-state index contributed by atoms with van der Waals surface area (Å²) in [4.78, 5) is 11.6. The Morgan fingerprint density at radius 3 is 2.79 bits per heavy atom. The van der Waals surface area contributed by atoms with Crippen molar-refractivity contribution < 1.29 is 13.2 Å². The standard InChI is InChI=1S/C12H13N3O3S/c13-8-9-4-1-2-6-11(9)19(17,18)15-12(16)10-5-3-7-14-10/h1-2,4,6,10,14H,3,5,7H2,(H,15,16)/t10-/m0/s1. The van der Waals surface area contributed by atoms with E-state index in [-0.39, 0.29) is 10.5 Å². The first-order chi connectivity index (χ1) is 9.04. The number of rotatable bonds is 3. The van der Waals surface area contributed by atoms with Gasteiger partial charge in [-0.1, -0.05) is 12.1 Å². The van der Waals surface area contributed by atoms with Gasteiger partial charge in [0.2, 0.25) is 0 Å². The number of nitrogens with zero attached hydrogens (tertiary/aromatic N) is 1. The Morgan fingerprint density at radius 1 is 1.42 bits per heavy atom. The first-order valence-electron chi connectivity index (χ1n) is 5.84. The third-order valence-corrected chi connectivity index (χ3v) is 4.31. The van der Waals surface area contributed by atoms with Gasteiger partial charge in [-0.2, -0.15) is 5.26 Å². The van der Waals surface area contributed by atoms with Crippen molar-refractivity contribution in [2.75, 3.05) is 6.54 Å². The van der Waals surface area contributed by atoms with E-state index in [4.69, 9.17) is 5.26 Å². The fraction of sp³-hybridized carbons (Fsp3) is 0.333. The van der Waals surface area contributed by atoms with Gasteiger partial charge in [0, 0.05) is 0 Å². The minimum Gasteiger partial charge on any atom is -0.306 e. The molecule has 0 aromatic heterocycles. The van der Waals surface area contributed by atoms with Crippen LogP contribution in [0.15, 0.2) is 29.2 Å². The lowest BCUT2D eigenvalue weighted by Crippen LogP contribution is -2.43. The Labute approximate surface area is 111 Å². The van der Waals surface area contributed by atoms with Gasteiger partial charge in [0.1, 0.15) is 11.0 Å². The largest absolute Gasteiger partial charge is 0.306 e. The van der Waals surface area contributed by atoms with E-state index in [9.17, 15) is 13.2 Å². The summed E-state index contributed by atoms with van der Waals surface area (Å²) in [5, 5.41) is 11.8. The van der Waals surface area contributed by atoms with Crippen LogP contribution in [0.5, 0.6) is 0 Å². The quantitative estimate of drug-likeness (QED) is 0.818. The molecule has 0 spiro atoms. The van der Waals surface area contributed by atoms with Crippen LogP contribution in [0.25, 0.3) is 0 Å². The Bertz CT molecular complexity index is 628. The maximum Gasteiger partial charge on any atom is 0.265 e. The summed E-state index contributed by atoms with van der Waals surface area (Å²) in [6, 6.07) is 7.09. The summed E-state index contributed by atoms with van der Waals surface area (Å²) in [6.07, 6.45) is 1.45. The highest BCUT2D eigenvalue weighted by atomic mass is 32.2. The summed E-state index contributed by atoms with van der Waals surface area (Å²) in [5.74, 6) is -0.578. The number of carbonyl (C=O) groups excluding carboxylic acids is 1. The van der Waals surface area contributed by atoms with Crippen molar-refractivity contribution in [3.8, 4) is 6.07 Å². The molecule has 0 bridgehead atoms. The molecule has 1 aliphatic rings. The molecule has 6 nitrogen and oxygen atoms in total. The minimum absolute atomic E-state index is 0.0159. The average molecular weight is 279 g/mol. The zero-order valence-corrected chi connectivity index (χ0v) is 10.9. The molecule has 1 aromatic rings. The zero-order chi connectivity index (χ0) is 13.9. The summed E-state index contributed by atoms with van der Waals surface area (Å²) >= 11 is 0. The van der Waals surface area contributed by atoms with E-state index in [2.05, 4.69) is 5.32 Å². The van der Waals surface area contributed by atoms with E-state index >= 15 is 0 Å². The molecule has 1 aliphatic heterocycles. The molecule has 1 atom stereocenters. The van der Waals surface area contributed by atoms with Crippen LogP contribution < -0.4 is 10.0 Å². The van der Waals surface area contributed by atoms with Gasteiger partial charge in [-0.25, -0.2) is 13.1 Å². The molecule has 0 unspecified atom stereocenters. The first-order valence-corrected chi connectivity index (χ1v) is 7.32. The second kappa shape index (κ2) is 5.38. The van der Waals surface area contributed by atoms with Crippen LogP contribution >= 0.6 is 0 Å². The summed E-state index contributed by atoms with van der Waals surface area (Å²) in [5.41, 5.74) is 0.0159. The Morgan fingerprint density at radius 2 is 2.16 bits per heavy atom. The van der Waals surface area contributed by atoms with Gasteiger partial charge in [0.15, 0.2) is 0 Å². The number of carbonyl (C=O) groups is 1. The van der Waals surface area contributed by atoms with Crippen molar-refractivity contribution in [2.24, 2.45) is 0 Å². The van der Waals surface area contributed by atoms with Crippen LogP contribution in [-0.2, 0) is 14.8 Å². The van der Waals surface area contributed by atoms with Gasteiger partial charge >= 0.3 is 0 Å². The number of sulfonamides is 1. The number of hydrogen-bond donors (Lipinski definition) is 2. The number of benzene rings is 1. The molecular formula is C12H13N3O3S. The number of hydrogen-bond acceptors (Lipinski definition) is 5. The number of amides is 1. The van der Waals surface area contributed by atoms with Crippen LogP contribution in [0.2, 0.25) is 0 Å². The molecule has 2 rings (SSSR count). The lowest BCUT2D eigenvalue weighted by atomic mass is 10.2. The van der Waals surface area contributed by atoms with Gasteiger partial charge in [0.05, 0.1) is 11.6 Å². The lowest BCUT2D eigenvalue weighted by molar-refractivity contribution is -0.121. The van der Waals surface area contributed by atoms with Gasteiger partial charge in [0.25, 0.3) is 15.9 Å². The van der Waals surface area contributed by atoms with Gasteiger partial charge in [-0.15, -0.1) is 0 Å². The minimum atomic E-state index is -4.00. The van der Waals surface area contributed by atoms with Gasteiger partial charge in [-0.05, 0) is 31.5 Å². The number of nitrogens with one attached hydrogen (secondary N) is 2. The molecule has 100 valence electrons. The highest BCUT2D eigenvalue weighted by Gasteiger charge is 2.27. The molecule has 7 heteroatoms. The van der Waals surface area contributed by atoms with E-state index in [0.717, 1.165) is 6.42 Å². The van der Waals surface area contributed by atoms with Crippen LogP contribution in [0.4, 0.5) is 0 Å². The molecule has 2 N–H and O–H groups in total. The Balaban J connectivity index is 2.23. The lowest BCUT2D eigenvalue weighted by Gasteiger charge is -2.12. The van der Waals surface area contributed by atoms with Gasteiger partial charge in [-0.3, -0.25) is 4.79 Å². The second-order valence-electron chi connectivity index (χ2n) is 4.23. The third kappa shape index (κ3) is 2.92. The molecule has 1 saturated heterocycles. The van der Waals surface area contributed by atoms with Gasteiger partial charge < -0.3 is 5.32 Å². The number of nitriles is 1. The van der Waals surface area contributed by atoms with Crippen LogP contribution in [0.3, 0.4) is 0 Å². The van der Waals surface area contributed by atoms with E-state index in [1.54, 1.807) is 12.1 Å². The smallest absolute Gasteiger partial charge is 0.265 e. The molecule has 1 heterocycles. The van der Waals surface area contributed by atoms with E-state index < -0.39 is 22.0 Å².